The normalized spacial score (nSPS) is 33.0. The summed E-state index contributed by atoms with van der Waals surface area (Å²) < 4.78 is 0. The van der Waals surface area contributed by atoms with Gasteiger partial charge in [-0.3, -0.25) is 0 Å². The fourth-order valence-corrected chi connectivity index (χ4v) is 1.52. The lowest BCUT2D eigenvalue weighted by Crippen LogP contribution is -2.11. The van der Waals surface area contributed by atoms with E-state index in [0.29, 0.717) is 12.8 Å². The topological polar surface area (TPSA) is 40.5 Å². The maximum Gasteiger partial charge on any atom is 0.0778 e. The molecule has 0 aromatic heterocycles. The van der Waals surface area contributed by atoms with E-state index in [1.807, 2.05) is 13.8 Å². The Morgan fingerprint density at radius 2 is 1.60 bits per heavy atom. The highest BCUT2D eigenvalue weighted by atomic mass is 16.3. The molecule has 58 valence electrons. The van der Waals surface area contributed by atoms with Crippen LogP contribution in [0.15, 0.2) is 11.1 Å². The van der Waals surface area contributed by atoms with Gasteiger partial charge in [-0.25, -0.2) is 0 Å². The Labute approximate surface area is 61.2 Å². The van der Waals surface area contributed by atoms with Crippen LogP contribution in [0.4, 0.5) is 0 Å². The molecule has 10 heavy (non-hydrogen) atoms. The van der Waals surface area contributed by atoms with Crippen molar-refractivity contribution >= 4 is 0 Å². The van der Waals surface area contributed by atoms with Gasteiger partial charge in [-0.05, 0) is 32.3 Å². The molecule has 2 heteroatoms. The summed E-state index contributed by atoms with van der Waals surface area (Å²) in [5.41, 5.74) is 1.89. The van der Waals surface area contributed by atoms with Gasteiger partial charge in [-0.1, -0.05) is 5.57 Å². The maximum absolute atomic E-state index is 9.31. The highest BCUT2D eigenvalue weighted by molar-refractivity contribution is 5.22. The van der Waals surface area contributed by atoms with Crippen molar-refractivity contribution in [2.75, 3.05) is 0 Å². The number of aliphatic hydroxyl groups is 2. The van der Waals surface area contributed by atoms with E-state index in [1.165, 1.54) is 0 Å². The Balaban J connectivity index is 2.82. The van der Waals surface area contributed by atoms with Crippen molar-refractivity contribution in [2.45, 2.75) is 38.9 Å². The van der Waals surface area contributed by atoms with Gasteiger partial charge in [-0.15, -0.1) is 0 Å². The van der Waals surface area contributed by atoms with E-state index in [0.717, 1.165) is 11.1 Å². The Morgan fingerprint density at radius 1 is 1.20 bits per heavy atom. The van der Waals surface area contributed by atoms with Crippen molar-refractivity contribution in [2.24, 2.45) is 0 Å². The molecule has 0 aromatic carbocycles. The first-order chi connectivity index (χ1) is 4.63. The zero-order valence-electron chi connectivity index (χ0n) is 6.46. The maximum atomic E-state index is 9.31. The Kier molecular flexibility index (Phi) is 2.11. The molecule has 0 bridgehead atoms. The Hall–Kier alpha value is -0.340. The average molecular weight is 142 g/mol. The van der Waals surface area contributed by atoms with Gasteiger partial charge in [-0.2, -0.15) is 0 Å². The highest BCUT2D eigenvalue weighted by Gasteiger charge is 2.27. The van der Waals surface area contributed by atoms with Crippen molar-refractivity contribution in [3.05, 3.63) is 11.1 Å². The van der Waals surface area contributed by atoms with Gasteiger partial charge >= 0.3 is 0 Å². The predicted octanol–water partition coefficient (Wildman–Crippen LogP) is 0.838. The van der Waals surface area contributed by atoms with Crippen molar-refractivity contribution in [1.29, 1.82) is 0 Å². The summed E-state index contributed by atoms with van der Waals surface area (Å²) in [5.74, 6) is 0. The number of hydrogen-bond acceptors (Lipinski definition) is 2. The zero-order valence-corrected chi connectivity index (χ0v) is 6.46. The third kappa shape index (κ3) is 1.22. The van der Waals surface area contributed by atoms with E-state index in [-0.39, 0.29) is 12.2 Å². The van der Waals surface area contributed by atoms with Crippen LogP contribution >= 0.6 is 0 Å². The van der Waals surface area contributed by atoms with Gasteiger partial charge < -0.3 is 10.2 Å². The van der Waals surface area contributed by atoms with Gasteiger partial charge in [0.05, 0.1) is 12.2 Å². The molecule has 1 aliphatic carbocycles. The average Bonchev–Trinajstić information content (AvgIpc) is 2.11. The predicted molar refractivity (Wildman–Crippen MR) is 39.6 cm³/mol. The molecule has 2 nitrogen and oxygen atoms in total. The molecule has 0 aromatic rings. The summed E-state index contributed by atoms with van der Waals surface area (Å²) in [7, 11) is 0. The fraction of sp³-hybridized carbons (Fsp3) is 0.750. The molecule has 1 saturated carbocycles. The minimum atomic E-state index is -0.389. The molecule has 0 heterocycles. The van der Waals surface area contributed by atoms with Crippen LogP contribution in [0.5, 0.6) is 0 Å². The summed E-state index contributed by atoms with van der Waals surface area (Å²) >= 11 is 0. The lowest BCUT2D eigenvalue weighted by Gasteiger charge is -2.09. The van der Waals surface area contributed by atoms with Crippen LogP contribution in [0.3, 0.4) is 0 Å². The molecular formula is C8H14O2. The number of rotatable bonds is 0. The van der Waals surface area contributed by atoms with Crippen LogP contribution in [0.2, 0.25) is 0 Å². The summed E-state index contributed by atoms with van der Waals surface area (Å²) in [5, 5.41) is 18.6. The second-order valence-electron chi connectivity index (χ2n) is 3.06. The molecule has 0 radical (unpaired) electrons. The summed E-state index contributed by atoms with van der Waals surface area (Å²) in [6, 6.07) is 0. The van der Waals surface area contributed by atoms with E-state index in [9.17, 15) is 10.2 Å². The third-order valence-corrected chi connectivity index (χ3v) is 2.01. The van der Waals surface area contributed by atoms with E-state index < -0.39 is 0 Å². The summed E-state index contributed by atoms with van der Waals surface area (Å²) in [6.45, 7) is 3.85. The molecule has 1 aliphatic rings. The molecule has 0 aliphatic heterocycles. The van der Waals surface area contributed by atoms with Gasteiger partial charge in [0.15, 0.2) is 0 Å². The van der Waals surface area contributed by atoms with Crippen LogP contribution in [0, 0.1) is 0 Å². The quantitative estimate of drug-likeness (QED) is 0.492. The molecular weight excluding hydrogens is 128 g/mol. The van der Waals surface area contributed by atoms with Crippen LogP contribution in [-0.4, -0.2) is 22.4 Å². The van der Waals surface area contributed by atoms with Crippen molar-refractivity contribution in [3.8, 4) is 0 Å². The third-order valence-electron chi connectivity index (χ3n) is 2.01. The molecule has 2 N–H and O–H groups in total. The SMILES string of the molecule is CC(C)=C1[C@H](O)CC[C@@H]1O. The number of hydrogen-bond donors (Lipinski definition) is 2. The Bertz CT molecular complexity index is 145. The van der Waals surface area contributed by atoms with Crippen LogP contribution in [0.1, 0.15) is 26.7 Å². The first kappa shape index (κ1) is 7.76. The molecule has 1 rings (SSSR count). The second kappa shape index (κ2) is 2.72. The fourth-order valence-electron chi connectivity index (χ4n) is 1.52. The Morgan fingerprint density at radius 3 is 1.80 bits per heavy atom. The standard InChI is InChI=1S/C8H14O2/c1-5(2)8-6(9)3-4-7(8)10/h6-7,9-10H,3-4H2,1-2H3/t6-,7+. The van der Waals surface area contributed by atoms with Crippen molar-refractivity contribution < 1.29 is 10.2 Å². The molecule has 2 atom stereocenters. The first-order valence-electron chi connectivity index (χ1n) is 3.66. The van der Waals surface area contributed by atoms with Crippen molar-refractivity contribution in [1.82, 2.24) is 0 Å². The minimum Gasteiger partial charge on any atom is -0.389 e. The van der Waals surface area contributed by atoms with E-state index in [2.05, 4.69) is 0 Å². The van der Waals surface area contributed by atoms with E-state index >= 15 is 0 Å². The first-order valence-corrected chi connectivity index (χ1v) is 3.66. The largest absolute Gasteiger partial charge is 0.389 e. The molecule has 0 unspecified atom stereocenters. The monoisotopic (exact) mass is 142 g/mol. The smallest absolute Gasteiger partial charge is 0.0778 e. The lowest BCUT2D eigenvalue weighted by molar-refractivity contribution is 0.196. The van der Waals surface area contributed by atoms with Crippen LogP contribution in [-0.2, 0) is 0 Å². The van der Waals surface area contributed by atoms with Crippen molar-refractivity contribution in [3.63, 3.8) is 0 Å². The highest BCUT2D eigenvalue weighted by Crippen LogP contribution is 2.27. The van der Waals surface area contributed by atoms with Crippen LogP contribution in [0.25, 0.3) is 0 Å². The van der Waals surface area contributed by atoms with Crippen LogP contribution < -0.4 is 0 Å². The number of allylic oxidation sites excluding steroid dienone is 1. The molecule has 0 amide bonds. The molecule has 0 spiro atoms. The number of aliphatic hydroxyl groups excluding tert-OH is 2. The van der Waals surface area contributed by atoms with Gasteiger partial charge in [0, 0.05) is 0 Å². The molecule has 1 fully saturated rings. The van der Waals surface area contributed by atoms with Gasteiger partial charge in [0.1, 0.15) is 0 Å². The summed E-state index contributed by atoms with van der Waals surface area (Å²) in [6.07, 6.45) is 0.642. The van der Waals surface area contributed by atoms with Gasteiger partial charge in [0.25, 0.3) is 0 Å². The zero-order chi connectivity index (χ0) is 7.72. The molecule has 0 saturated heterocycles. The van der Waals surface area contributed by atoms with E-state index in [4.69, 9.17) is 0 Å². The van der Waals surface area contributed by atoms with E-state index in [1.54, 1.807) is 0 Å². The summed E-state index contributed by atoms with van der Waals surface area (Å²) in [4.78, 5) is 0. The second-order valence-corrected chi connectivity index (χ2v) is 3.06. The minimum absolute atomic E-state index is 0.389. The van der Waals surface area contributed by atoms with Gasteiger partial charge in [0.2, 0.25) is 0 Å². The lowest BCUT2D eigenvalue weighted by atomic mass is 10.1.